The van der Waals surface area contributed by atoms with E-state index in [1.165, 1.54) is 18.4 Å². The third-order valence-corrected chi connectivity index (χ3v) is 3.97. The van der Waals surface area contributed by atoms with Gasteiger partial charge in [-0.3, -0.25) is 4.79 Å². The molecule has 25 heavy (non-hydrogen) atoms. The van der Waals surface area contributed by atoms with Crippen molar-refractivity contribution in [1.29, 1.82) is 0 Å². The fourth-order valence-electron chi connectivity index (χ4n) is 2.75. The predicted octanol–water partition coefficient (Wildman–Crippen LogP) is 3.17. The number of nitrogens with one attached hydrogen (secondary N) is 1. The molecule has 2 rings (SSSR count). The van der Waals surface area contributed by atoms with E-state index in [-0.39, 0.29) is 5.91 Å². The van der Waals surface area contributed by atoms with Crippen LogP contribution < -0.4 is 14.8 Å². The number of allylic oxidation sites excluding steroid dienone is 1. The Labute approximate surface area is 147 Å². The summed E-state index contributed by atoms with van der Waals surface area (Å²) in [7, 11) is 0. The van der Waals surface area contributed by atoms with Gasteiger partial charge in [0, 0.05) is 12.1 Å². The predicted molar refractivity (Wildman–Crippen MR) is 94.2 cm³/mol. The van der Waals surface area contributed by atoms with E-state index in [2.05, 4.69) is 11.4 Å². The lowest BCUT2D eigenvalue weighted by Crippen LogP contribution is -2.25. The fourth-order valence-corrected chi connectivity index (χ4v) is 2.75. The second-order valence-corrected chi connectivity index (χ2v) is 5.89. The molecule has 0 fully saturated rings. The average Bonchev–Trinajstić information content (AvgIpc) is 2.61. The second-order valence-electron chi connectivity index (χ2n) is 5.89. The Morgan fingerprint density at radius 3 is 2.72 bits per heavy atom. The number of carbonyl (C=O) groups excluding carboxylic acids is 1. The van der Waals surface area contributed by atoms with E-state index in [9.17, 15) is 9.59 Å². The molecule has 0 aliphatic heterocycles. The lowest BCUT2D eigenvalue weighted by molar-refractivity contribution is -0.139. The molecule has 6 heteroatoms. The van der Waals surface area contributed by atoms with Gasteiger partial charge in [-0.1, -0.05) is 11.6 Å². The normalized spacial score (nSPS) is 13.7. The number of benzene rings is 1. The summed E-state index contributed by atoms with van der Waals surface area (Å²) >= 11 is 0. The maximum Gasteiger partial charge on any atom is 0.341 e. The molecule has 0 spiro atoms. The number of hydrogen-bond acceptors (Lipinski definition) is 4. The Morgan fingerprint density at radius 1 is 1.20 bits per heavy atom. The first kappa shape index (κ1) is 18.8. The molecular formula is C19H25NO5. The number of carboxylic acids is 1. The Balaban J connectivity index is 1.94. The van der Waals surface area contributed by atoms with Crippen molar-refractivity contribution in [2.75, 3.05) is 19.8 Å². The summed E-state index contributed by atoms with van der Waals surface area (Å²) in [5, 5.41) is 11.6. The molecule has 0 unspecified atom stereocenters. The number of carboxylic acid groups (broad SMARTS) is 1. The first-order valence-electron chi connectivity index (χ1n) is 8.67. The van der Waals surface area contributed by atoms with E-state index in [1.54, 1.807) is 18.2 Å². The van der Waals surface area contributed by atoms with Crippen LogP contribution >= 0.6 is 0 Å². The van der Waals surface area contributed by atoms with Gasteiger partial charge in [0.05, 0.1) is 6.61 Å². The van der Waals surface area contributed by atoms with Crippen LogP contribution in [0.15, 0.2) is 29.8 Å². The summed E-state index contributed by atoms with van der Waals surface area (Å²) < 4.78 is 10.6. The quantitative estimate of drug-likeness (QED) is 0.670. The third-order valence-electron chi connectivity index (χ3n) is 3.97. The highest BCUT2D eigenvalue weighted by atomic mass is 16.5. The van der Waals surface area contributed by atoms with Crippen molar-refractivity contribution in [3.05, 3.63) is 35.4 Å². The van der Waals surface area contributed by atoms with Crippen LogP contribution in [0.2, 0.25) is 0 Å². The van der Waals surface area contributed by atoms with Gasteiger partial charge in [-0.05, 0) is 57.2 Å². The van der Waals surface area contributed by atoms with Gasteiger partial charge in [0.25, 0.3) is 5.91 Å². The minimum Gasteiger partial charge on any atom is -0.490 e. The molecule has 0 saturated carbocycles. The Hall–Kier alpha value is -2.50. The first-order valence-corrected chi connectivity index (χ1v) is 8.67. The van der Waals surface area contributed by atoms with Crippen LogP contribution in [0.25, 0.3) is 0 Å². The lowest BCUT2D eigenvalue weighted by atomic mass is 9.97. The van der Waals surface area contributed by atoms with Gasteiger partial charge in [-0.2, -0.15) is 0 Å². The van der Waals surface area contributed by atoms with Gasteiger partial charge in [0.2, 0.25) is 0 Å². The van der Waals surface area contributed by atoms with Crippen LogP contribution in [0.1, 0.15) is 49.4 Å². The van der Waals surface area contributed by atoms with Crippen LogP contribution in [-0.4, -0.2) is 36.7 Å². The molecule has 136 valence electrons. The molecule has 0 atom stereocenters. The van der Waals surface area contributed by atoms with Crippen molar-refractivity contribution >= 4 is 11.9 Å². The van der Waals surface area contributed by atoms with Crippen LogP contribution in [0, 0.1) is 0 Å². The zero-order valence-corrected chi connectivity index (χ0v) is 14.5. The minimum absolute atomic E-state index is 0.179. The minimum atomic E-state index is -1.07. The smallest absolute Gasteiger partial charge is 0.341 e. The molecule has 1 aromatic carbocycles. The largest absolute Gasteiger partial charge is 0.490 e. The monoisotopic (exact) mass is 347 g/mol. The third kappa shape index (κ3) is 6.14. The summed E-state index contributed by atoms with van der Waals surface area (Å²) in [5.41, 5.74) is 1.88. The van der Waals surface area contributed by atoms with Gasteiger partial charge in [-0.15, -0.1) is 0 Å². The molecule has 2 N–H and O–H groups in total. The highest BCUT2D eigenvalue weighted by Gasteiger charge is 2.13. The second kappa shape index (κ2) is 9.71. The highest BCUT2D eigenvalue weighted by molar-refractivity contribution is 5.94. The van der Waals surface area contributed by atoms with E-state index in [4.69, 9.17) is 14.6 Å². The van der Waals surface area contributed by atoms with E-state index >= 15 is 0 Å². The molecule has 1 aromatic rings. The van der Waals surface area contributed by atoms with Crippen molar-refractivity contribution in [3.63, 3.8) is 0 Å². The van der Waals surface area contributed by atoms with Crippen molar-refractivity contribution in [2.45, 2.75) is 39.0 Å². The van der Waals surface area contributed by atoms with Crippen LogP contribution in [0.4, 0.5) is 0 Å². The number of ether oxygens (including phenoxy) is 2. The van der Waals surface area contributed by atoms with Crippen molar-refractivity contribution in [1.82, 2.24) is 5.32 Å². The number of rotatable bonds is 9. The zero-order valence-electron chi connectivity index (χ0n) is 14.5. The molecule has 0 radical (unpaired) electrons. The Kier molecular flexibility index (Phi) is 7.32. The lowest BCUT2D eigenvalue weighted by Gasteiger charge is -2.14. The van der Waals surface area contributed by atoms with Gasteiger partial charge in [0.15, 0.2) is 18.1 Å². The number of hydrogen-bond donors (Lipinski definition) is 2. The summed E-state index contributed by atoms with van der Waals surface area (Å²) in [4.78, 5) is 22.9. The fraction of sp³-hybridized carbons (Fsp3) is 0.474. The van der Waals surface area contributed by atoms with Gasteiger partial charge >= 0.3 is 5.97 Å². The highest BCUT2D eigenvalue weighted by Crippen LogP contribution is 2.28. The summed E-state index contributed by atoms with van der Waals surface area (Å²) in [6.07, 6.45) is 7.90. The van der Waals surface area contributed by atoms with Gasteiger partial charge in [-0.25, -0.2) is 4.79 Å². The maximum atomic E-state index is 12.3. The molecule has 0 saturated heterocycles. The molecule has 1 aliphatic carbocycles. The number of carbonyl (C=O) groups is 2. The Bertz CT molecular complexity index is 639. The van der Waals surface area contributed by atoms with Gasteiger partial charge in [0.1, 0.15) is 0 Å². The molecule has 1 aliphatic rings. The van der Waals surface area contributed by atoms with Crippen molar-refractivity contribution < 1.29 is 24.2 Å². The molecule has 0 bridgehead atoms. The summed E-state index contributed by atoms with van der Waals surface area (Å²) in [6, 6.07) is 4.75. The van der Waals surface area contributed by atoms with Crippen LogP contribution in [0.3, 0.4) is 0 Å². The molecule has 0 heterocycles. The zero-order chi connectivity index (χ0) is 18.1. The van der Waals surface area contributed by atoms with Crippen LogP contribution in [-0.2, 0) is 4.79 Å². The van der Waals surface area contributed by atoms with E-state index < -0.39 is 12.6 Å². The number of aliphatic carboxylic acids is 1. The van der Waals surface area contributed by atoms with E-state index in [0.29, 0.717) is 30.2 Å². The summed E-state index contributed by atoms with van der Waals surface area (Å²) in [5.74, 6) is -0.567. The SMILES string of the molecule is CCOc1cc(C(=O)NCCC2=CCCCC2)ccc1OCC(=O)O. The summed E-state index contributed by atoms with van der Waals surface area (Å²) in [6.45, 7) is 2.35. The standard InChI is InChI=1S/C19H25NO5/c1-2-24-17-12-15(8-9-16(17)25-13-18(21)22)19(23)20-11-10-14-6-4-3-5-7-14/h6,8-9,12H,2-5,7,10-11,13H2,1H3,(H,20,23)(H,21,22). The van der Waals surface area contributed by atoms with Crippen LogP contribution in [0.5, 0.6) is 11.5 Å². The molecule has 0 aromatic heterocycles. The average molecular weight is 347 g/mol. The van der Waals surface area contributed by atoms with Crippen molar-refractivity contribution in [2.24, 2.45) is 0 Å². The molecule has 1 amide bonds. The van der Waals surface area contributed by atoms with Gasteiger partial charge < -0.3 is 19.9 Å². The first-order chi connectivity index (χ1) is 12.1. The maximum absolute atomic E-state index is 12.3. The van der Waals surface area contributed by atoms with E-state index in [1.807, 2.05) is 6.92 Å². The Morgan fingerprint density at radius 2 is 2.04 bits per heavy atom. The molecular weight excluding hydrogens is 322 g/mol. The number of amides is 1. The van der Waals surface area contributed by atoms with Crippen molar-refractivity contribution in [3.8, 4) is 11.5 Å². The van der Waals surface area contributed by atoms with E-state index in [0.717, 1.165) is 19.3 Å². The topological polar surface area (TPSA) is 84.9 Å². The molecule has 6 nitrogen and oxygen atoms in total.